The number of hydrogen-bond donors (Lipinski definition) is 2. The molecular formula is C23H25FNNaO6S2. The molecule has 0 atom stereocenters. The molecule has 0 saturated heterocycles. The van der Waals surface area contributed by atoms with Crippen molar-refractivity contribution in [3.8, 4) is 11.1 Å². The Morgan fingerprint density at radius 3 is 2.09 bits per heavy atom. The van der Waals surface area contributed by atoms with Crippen LogP contribution in [0.2, 0.25) is 0 Å². The smallest absolute Gasteiger partial charge is 0.744 e. The molecule has 2 aliphatic rings. The molecule has 0 heterocycles. The fourth-order valence-electron chi connectivity index (χ4n) is 3.56. The Balaban J connectivity index is 0.00000408. The Labute approximate surface area is 221 Å². The fourth-order valence-corrected chi connectivity index (χ4v) is 5.36. The number of benzene rings is 1. The zero-order valence-corrected chi connectivity index (χ0v) is 22.8. The SMILES string of the molecule is CC(C)(O)c1ccc2c(CCCCNS(=O)(=O)c3ccc(F)cc3)cc(S(=O)(=O)[O-])c-2cc1.[Na+]. The van der Waals surface area contributed by atoms with Crippen molar-refractivity contribution in [2.45, 2.75) is 48.5 Å². The minimum absolute atomic E-state index is 0. The van der Waals surface area contributed by atoms with E-state index in [9.17, 15) is 30.9 Å². The molecule has 11 heteroatoms. The first-order chi connectivity index (χ1) is 15.3. The number of rotatable bonds is 9. The summed E-state index contributed by atoms with van der Waals surface area (Å²) < 4.78 is 75.3. The Kier molecular flexibility index (Phi) is 9.45. The van der Waals surface area contributed by atoms with Gasteiger partial charge in [0.1, 0.15) is 15.9 Å². The van der Waals surface area contributed by atoms with Crippen molar-refractivity contribution >= 4 is 20.1 Å². The maximum atomic E-state index is 13.0. The summed E-state index contributed by atoms with van der Waals surface area (Å²) in [5.74, 6) is -0.529. The number of nitrogens with one attached hydrogen (secondary N) is 1. The molecule has 178 valence electrons. The predicted octanol–water partition coefficient (Wildman–Crippen LogP) is 0.367. The molecule has 7 nitrogen and oxygen atoms in total. The zero-order chi connectivity index (χ0) is 24.4. The van der Waals surface area contributed by atoms with Crippen molar-refractivity contribution in [3.05, 3.63) is 71.5 Å². The van der Waals surface area contributed by atoms with E-state index in [-0.39, 0.29) is 51.5 Å². The van der Waals surface area contributed by atoms with Gasteiger partial charge in [0, 0.05) is 6.54 Å². The molecular weight excluding hydrogens is 492 g/mol. The van der Waals surface area contributed by atoms with Gasteiger partial charge < -0.3 is 9.66 Å². The van der Waals surface area contributed by atoms with Crippen LogP contribution >= 0.6 is 0 Å². The molecule has 0 bridgehead atoms. The monoisotopic (exact) mass is 517 g/mol. The second kappa shape index (κ2) is 11.1. The molecule has 34 heavy (non-hydrogen) atoms. The minimum Gasteiger partial charge on any atom is -0.744 e. The van der Waals surface area contributed by atoms with Crippen LogP contribution in [0.1, 0.15) is 37.8 Å². The third-order valence-electron chi connectivity index (χ3n) is 5.33. The van der Waals surface area contributed by atoms with Crippen LogP contribution in [0.15, 0.2) is 64.4 Å². The van der Waals surface area contributed by atoms with E-state index in [0.29, 0.717) is 36.0 Å². The standard InChI is InChI=1S/C23H26FNO6S2.Na/c1-23(2,26)17-6-12-20-16(15-22(33(29,30)31)21(20)13-7-17)5-3-4-14-25-32(27,28)19-10-8-18(24)9-11-19;/h6-13,15,25-26H,3-5,14H2,1-2H3,(H,29,30,31);/q;+1/p-1. The van der Waals surface area contributed by atoms with Crippen LogP contribution in [0.3, 0.4) is 0 Å². The maximum absolute atomic E-state index is 13.0. The van der Waals surface area contributed by atoms with E-state index < -0.39 is 31.6 Å². The Morgan fingerprint density at radius 1 is 0.941 bits per heavy atom. The van der Waals surface area contributed by atoms with E-state index in [1.807, 2.05) is 0 Å². The van der Waals surface area contributed by atoms with Gasteiger partial charge in [-0.2, -0.15) is 0 Å². The summed E-state index contributed by atoms with van der Waals surface area (Å²) in [6.07, 6.45) is 1.41. The molecule has 0 aromatic heterocycles. The Bertz CT molecular complexity index is 1320. The molecule has 3 rings (SSSR count). The molecule has 2 N–H and O–H groups in total. The van der Waals surface area contributed by atoms with Gasteiger partial charge in [0.15, 0.2) is 0 Å². The van der Waals surface area contributed by atoms with Crippen molar-refractivity contribution < 1.29 is 60.4 Å². The number of hydrogen-bond acceptors (Lipinski definition) is 6. The Hall–Kier alpha value is -1.37. The normalized spacial score (nSPS) is 12.5. The van der Waals surface area contributed by atoms with Gasteiger partial charge in [-0.1, -0.05) is 24.3 Å². The van der Waals surface area contributed by atoms with Crippen molar-refractivity contribution in [1.29, 1.82) is 0 Å². The summed E-state index contributed by atoms with van der Waals surface area (Å²) in [6, 6.07) is 12.3. The minimum atomic E-state index is -4.71. The molecule has 0 spiro atoms. The van der Waals surface area contributed by atoms with Crippen molar-refractivity contribution in [1.82, 2.24) is 4.72 Å². The van der Waals surface area contributed by atoms with Gasteiger partial charge in [-0.25, -0.2) is 25.9 Å². The summed E-state index contributed by atoms with van der Waals surface area (Å²) in [5, 5.41) is 10.3. The topological polar surface area (TPSA) is 124 Å². The first kappa shape index (κ1) is 28.9. The van der Waals surface area contributed by atoms with Gasteiger partial charge in [-0.15, -0.1) is 0 Å². The summed E-state index contributed by atoms with van der Waals surface area (Å²) >= 11 is 0. The van der Waals surface area contributed by atoms with Crippen molar-refractivity contribution in [3.63, 3.8) is 0 Å². The van der Waals surface area contributed by atoms with Gasteiger partial charge in [0.25, 0.3) is 0 Å². The number of aliphatic hydroxyl groups is 1. The average Bonchev–Trinajstić information content (AvgIpc) is 2.90. The van der Waals surface area contributed by atoms with Crippen molar-refractivity contribution in [2.24, 2.45) is 0 Å². The fraction of sp³-hybridized carbons (Fsp3) is 0.304. The summed E-state index contributed by atoms with van der Waals surface area (Å²) in [4.78, 5) is -0.353. The molecule has 1 aromatic carbocycles. The summed E-state index contributed by atoms with van der Waals surface area (Å²) in [6.45, 7) is 3.35. The molecule has 0 saturated carbocycles. The Morgan fingerprint density at radius 2 is 1.53 bits per heavy atom. The first-order valence-electron chi connectivity index (χ1n) is 10.3. The third kappa shape index (κ3) is 7.08. The average molecular weight is 518 g/mol. The van der Waals surface area contributed by atoms with E-state index in [1.54, 1.807) is 32.0 Å². The van der Waals surface area contributed by atoms with Gasteiger partial charge >= 0.3 is 29.6 Å². The molecule has 0 radical (unpaired) electrons. The van der Waals surface area contributed by atoms with Crippen LogP contribution in [0.25, 0.3) is 11.1 Å². The number of unbranched alkanes of at least 4 members (excludes halogenated alkanes) is 1. The molecule has 2 aliphatic carbocycles. The third-order valence-corrected chi connectivity index (χ3v) is 7.68. The van der Waals surface area contributed by atoms with E-state index in [4.69, 9.17) is 0 Å². The van der Waals surface area contributed by atoms with Gasteiger partial charge in [-0.3, -0.25) is 0 Å². The summed E-state index contributed by atoms with van der Waals surface area (Å²) in [7, 11) is -8.47. The van der Waals surface area contributed by atoms with Gasteiger partial charge in [0.05, 0.1) is 15.4 Å². The molecule has 1 aromatic rings. The number of sulfonamides is 1. The summed E-state index contributed by atoms with van der Waals surface area (Å²) in [5.41, 5.74) is 0.946. The second-order valence-corrected chi connectivity index (χ2v) is 11.4. The first-order valence-corrected chi connectivity index (χ1v) is 13.2. The van der Waals surface area contributed by atoms with Crippen LogP contribution in [0.5, 0.6) is 0 Å². The maximum Gasteiger partial charge on any atom is 1.00 e. The molecule has 0 amide bonds. The van der Waals surface area contributed by atoms with E-state index in [2.05, 4.69) is 4.72 Å². The van der Waals surface area contributed by atoms with E-state index >= 15 is 0 Å². The van der Waals surface area contributed by atoms with Crippen LogP contribution in [0.4, 0.5) is 4.39 Å². The second-order valence-electron chi connectivity index (χ2n) is 8.31. The van der Waals surface area contributed by atoms with Crippen LogP contribution in [-0.4, -0.2) is 33.0 Å². The van der Waals surface area contributed by atoms with Crippen LogP contribution in [-0.2, 0) is 32.2 Å². The largest absolute Gasteiger partial charge is 1.00 e. The van der Waals surface area contributed by atoms with Crippen LogP contribution < -0.4 is 34.3 Å². The van der Waals surface area contributed by atoms with Gasteiger partial charge in [-0.05, 0) is 85.7 Å². The quantitative estimate of drug-likeness (QED) is 0.240. The number of aryl methyl sites for hydroxylation is 1. The van der Waals surface area contributed by atoms with E-state index in [0.717, 1.165) is 12.1 Å². The van der Waals surface area contributed by atoms with E-state index in [1.165, 1.54) is 24.3 Å². The number of fused-ring (bicyclic) bond motifs is 1. The van der Waals surface area contributed by atoms with Gasteiger partial charge in [0.2, 0.25) is 10.0 Å². The van der Waals surface area contributed by atoms with Crippen LogP contribution in [0, 0.1) is 5.82 Å². The molecule has 0 aliphatic heterocycles. The number of halogens is 1. The molecule has 0 fully saturated rings. The van der Waals surface area contributed by atoms with Crippen molar-refractivity contribution in [2.75, 3.05) is 6.54 Å². The molecule has 0 unspecified atom stereocenters. The predicted molar refractivity (Wildman–Crippen MR) is 121 cm³/mol. The zero-order valence-electron chi connectivity index (χ0n) is 19.2.